The van der Waals surface area contributed by atoms with Crippen molar-refractivity contribution in [3.63, 3.8) is 0 Å². The molecule has 4 aliphatic rings. The molecule has 0 unspecified atom stereocenters. The first-order chi connectivity index (χ1) is 50.3. The number of halogens is 2. The van der Waals surface area contributed by atoms with Crippen molar-refractivity contribution in [1.29, 1.82) is 21.0 Å². The molecule has 11 rings (SSSR count). The van der Waals surface area contributed by atoms with Gasteiger partial charge in [0.25, 0.3) is 17.7 Å². The molecule has 0 atom stereocenters. The monoisotopic (exact) mass is 1530 g/mol. The number of nitrogens with one attached hydrogen (secondary N) is 2. The minimum absolute atomic E-state index is 0.0662. The summed E-state index contributed by atoms with van der Waals surface area (Å²) in [4.78, 5) is 54.2. The van der Waals surface area contributed by atoms with Crippen LogP contribution in [0.4, 0.5) is 28.4 Å². The fourth-order valence-electron chi connectivity index (χ4n) is 12.8. The van der Waals surface area contributed by atoms with Crippen molar-refractivity contribution in [1.82, 2.24) is 34.7 Å². The molecule has 7 aromatic rings. The maximum Gasteiger partial charge on any atom is 0.253 e. The van der Waals surface area contributed by atoms with Crippen LogP contribution in [0, 0.1) is 45.3 Å². The van der Waals surface area contributed by atoms with Crippen LogP contribution in [0.3, 0.4) is 0 Å². The van der Waals surface area contributed by atoms with Crippen molar-refractivity contribution in [3.8, 4) is 24.3 Å². The van der Waals surface area contributed by atoms with Gasteiger partial charge in [0.15, 0.2) is 0 Å². The Hall–Kier alpha value is -8.93. The predicted molar refractivity (Wildman–Crippen MR) is 431 cm³/mol. The second-order valence-corrected chi connectivity index (χ2v) is 28.1. The lowest BCUT2D eigenvalue weighted by atomic mass is 10.0. The molecular weight excluding hydrogens is 1430 g/mol. The van der Waals surface area contributed by atoms with E-state index in [1.807, 2.05) is 208 Å². The lowest BCUT2D eigenvalue weighted by Gasteiger charge is -2.39. The summed E-state index contributed by atoms with van der Waals surface area (Å²) in [6, 6.07) is 64.2. The third kappa shape index (κ3) is 27.0. The van der Waals surface area contributed by atoms with E-state index >= 15 is 0 Å². The van der Waals surface area contributed by atoms with Gasteiger partial charge in [-0.2, -0.15) is 21.0 Å². The van der Waals surface area contributed by atoms with Crippen LogP contribution in [0.1, 0.15) is 146 Å². The molecule has 0 spiro atoms. The van der Waals surface area contributed by atoms with Crippen LogP contribution in [-0.2, 0) is 0 Å². The van der Waals surface area contributed by atoms with Crippen LogP contribution in [-0.4, -0.2) is 184 Å². The van der Waals surface area contributed by atoms with E-state index in [0.717, 1.165) is 127 Å². The molecule has 4 heterocycles. The Morgan fingerprint density at radius 2 is 0.760 bits per heavy atom. The summed E-state index contributed by atoms with van der Waals surface area (Å²) in [6.45, 7) is 25.0. The molecular formula is C84H107Br2N15O3. The Morgan fingerprint density at radius 3 is 1.12 bits per heavy atom. The fraction of sp³-hybridized carbons (Fsp3) is 0.417. The van der Waals surface area contributed by atoms with Gasteiger partial charge in [-0.3, -0.25) is 14.4 Å². The van der Waals surface area contributed by atoms with Crippen molar-refractivity contribution >= 4 is 78.0 Å². The molecule has 7 aromatic carbocycles. The number of nitrogens with zero attached hydrogens (tertiary/aromatic N) is 12. The Kier molecular flexibility index (Phi) is 36.6. The van der Waals surface area contributed by atoms with E-state index in [9.17, 15) is 24.9 Å². The average molecular weight is 1530 g/mol. The Bertz CT molecular complexity index is 3890. The van der Waals surface area contributed by atoms with E-state index in [0.29, 0.717) is 78.2 Å². The van der Waals surface area contributed by atoms with Gasteiger partial charge in [-0.1, -0.05) is 56.1 Å². The summed E-state index contributed by atoms with van der Waals surface area (Å²) >= 11 is 6.59. The van der Waals surface area contributed by atoms with Gasteiger partial charge in [0, 0.05) is 118 Å². The summed E-state index contributed by atoms with van der Waals surface area (Å²) in [5.41, 5.74) is 15.8. The SMILES string of the molecule is CCN(CC)C(=O)c1ccc(Br)cc1.CCN(CC)C(=O)c1ccc(N(c2cccc(C#N)c2)C2CCN(C)CC2)cc1.CCN(CC)C(=O)c1ccc(N(c2cccc(C#N)c2)C2CCNCC2)cc1.CN1CCC(N)CC1.CN1CCC(Nc2cccc(C#N)c2)CC1.N#Cc1cccc(Br)c1. The van der Waals surface area contributed by atoms with Crippen molar-refractivity contribution in [2.75, 3.05) is 128 Å². The fourth-order valence-corrected chi connectivity index (χ4v) is 13.4. The van der Waals surface area contributed by atoms with Gasteiger partial charge in [-0.05, 0) is 312 Å². The van der Waals surface area contributed by atoms with E-state index in [-0.39, 0.29) is 17.7 Å². The lowest BCUT2D eigenvalue weighted by Crippen LogP contribution is -2.41. The Morgan fingerprint density at radius 1 is 0.423 bits per heavy atom. The quantitative estimate of drug-likeness (QED) is 0.0771. The first-order valence-electron chi connectivity index (χ1n) is 36.7. The molecule has 0 radical (unpaired) electrons. The van der Waals surface area contributed by atoms with Crippen LogP contribution >= 0.6 is 31.9 Å². The maximum absolute atomic E-state index is 12.7. The molecule has 104 heavy (non-hydrogen) atoms. The number of amides is 3. The molecule has 4 N–H and O–H groups in total. The zero-order chi connectivity index (χ0) is 75.3. The smallest absolute Gasteiger partial charge is 0.253 e. The van der Waals surface area contributed by atoms with E-state index in [1.54, 1.807) is 12.1 Å². The van der Waals surface area contributed by atoms with Crippen LogP contribution in [0.5, 0.6) is 0 Å². The molecule has 20 heteroatoms. The standard InChI is InChI=1S/C24H30N4O.C23H28N4O.C13H17N3.C11H14BrNO.C7H4BrN.C6H14N2/c1-4-27(5-2)24(29)20-9-11-21(12-10-20)28(22-13-15-26(3)16-14-22)23-8-6-7-19(17-23)18-25;1-3-26(4-2)23(28)19-8-10-20(11-9-19)27(21-12-14-25-15-13-21)22-7-5-6-18(16-22)17-24;1-16-7-5-12(6-8-16)15-13-4-2-3-11(9-13)10-14;1-3-13(4-2)11(14)9-5-7-10(12)8-6-9;8-7-3-1-2-6(4-7)5-9;1-8-4-2-6(7)3-5-8/h6-12,17,22H,4-5,13-16H2,1-3H3;5-11,16,21,25H,3-4,12-15H2,1-2H3;2-4,9,12,15H,5-8H2,1H3;5-8H,3-4H2,1-2H3;1-4H;6H,2-5,7H2,1H3. The molecule has 0 saturated carbocycles. The van der Waals surface area contributed by atoms with Crippen molar-refractivity contribution in [2.24, 2.45) is 5.73 Å². The highest BCUT2D eigenvalue weighted by molar-refractivity contribution is 9.10. The number of rotatable bonds is 17. The zero-order valence-electron chi connectivity index (χ0n) is 62.5. The van der Waals surface area contributed by atoms with Gasteiger partial charge in [-0.25, -0.2) is 0 Å². The number of hydrogen-bond acceptors (Lipinski definition) is 15. The van der Waals surface area contributed by atoms with Gasteiger partial charge in [0.05, 0.1) is 46.5 Å². The predicted octanol–water partition coefficient (Wildman–Crippen LogP) is 15.6. The number of nitriles is 4. The average Bonchev–Trinajstić information content (AvgIpc) is 0.806. The summed E-state index contributed by atoms with van der Waals surface area (Å²) < 4.78 is 1.94. The molecule has 4 fully saturated rings. The van der Waals surface area contributed by atoms with Gasteiger partial charge in [-0.15, -0.1) is 0 Å². The maximum atomic E-state index is 12.7. The Balaban J connectivity index is 0.000000208. The molecule has 0 bridgehead atoms. The second-order valence-electron chi connectivity index (χ2n) is 26.3. The zero-order valence-corrected chi connectivity index (χ0v) is 65.6. The van der Waals surface area contributed by atoms with E-state index < -0.39 is 0 Å². The van der Waals surface area contributed by atoms with Crippen molar-refractivity contribution < 1.29 is 14.4 Å². The van der Waals surface area contributed by atoms with E-state index in [4.69, 9.17) is 16.3 Å². The van der Waals surface area contributed by atoms with Crippen molar-refractivity contribution in [2.45, 2.75) is 117 Å². The summed E-state index contributed by atoms with van der Waals surface area (Å²) in [5, 5.41) is 42.8. The molecule has 4 aliphatic heterocycles. The Labute approximate surface area is 636 Å². The number of carbonyl (C=O) groups excluding carboxylic acids is 3. The largest absolute Gasteiger partial charge is 0.382 e. The minimum Gasteiger partial charge on any atom is -0.382 e. The third-order valence-corrected chi connectivity index (χ3v) is 20.1. The van der Waals surface area contributed by atoms with Crippen molar-refractivity contribution in [3.05, 3.63) is 218 Å². The van der Waals surface area contributed by atoms with Gasteiger partial charge in [0.2, 0.25) is 0 Å². The molecule has 4 saturated heterocycles. The third-order valence-electron chi connectivity index (χ3n) is 19.1. The van der Waals surface area contributed by atoms with Crippen LogP contribution < -0.4 is 26.2 Å². The highest BCUT2D eigenvalue weighted by Gasteiger charge is 2.27. The topological polar surface area (TPSA) is 222 Å². The highest BCUT2D eigenvalue weighted by atomic mass is 79.9. The summed E-state index contributed by atoms with van der Waals surface area (Å²) in [7, 11) is 6.46. The van der Waals surface area contributed by atoms with Gasteiger partial charge in [0.1, 0.15) is 0 Å². The normalized spacial score (nSPS) is 14.9. The van der Waals surface area contributed by atoms with E-state index in [1.165, 1.54) is 38.8 Å². The second kappa shape index (κ2) is 45.3. The number of anilines is 5. The number of benzene rings is 7. The molecule has 3 amide bonds. The minimum atomic E-state index is 0.0662. The van der Waals surface area contributed by atoms with Gasteiger partial charge < -0.3 is 55.6 Å². The van der Waals surface area contributed by atoms with Crippen LogP contribution in [0.15, 0.2) is 179 Å². The van der Waals surface area contributed by atoms with E-state index in [2.05, 4.69) is 118 Å². The summed E-state index contributed by atoms with van der Waals surface area (Å²) in [5.74, 6) is 0.234. The van der Waals surface area contributed by atoms with Crippen LogP contribution in [0.2, 0.25) is 0 Å². The molecule has 18 nitrogen and oxygen atoms in total. The number of carbonyl (C=O) groups is 3. The number of piperidine rings is 4. The number of likely N-dealkylation sites (tertiary alicyclic amines) is 3. The first-order valence-corrected chi connectivity index (χ1v) is 38.3. The molecule has 0 aromatic heterocycles. The van der Waals surface area contributed by atoms with Crippen LogP contribution in [0.25, 0.3) is 0 Å². The summed E-state index contributed by atoms with van der Waals surface area (Å²) in [6.07, 6.45) is 8.90. The molecule has 550 valence electrons. The highest BCUT2D eigenvalue weighted by Crippen LogP contribution is 2.35. The van der Waals surface area contributed by atoms with Gasteiger partial charge >= 0.3 is 0 Å². The number of nitrogens with two attached hydrogens (primary N) is 1. The lowest BCUT2D eigenvalue weighted by molar-refractivity contribution is 0.0765. The molecule has 0 aliphatic carbocycles. The first kappa shape index (κ1) is 84.0. The number of hydrogen-bond donors (Lipinski definition) is 3.